The SMILES string of the molecule is CCn1cc(N)c(C(=O)NC(C)CN2CCCC2=O)n1. The molecular weight excluding hydrogens is 258 g/mol. The molecule has 1 atom stereocenters. The fourth-order valence-electron chi connectivity index (χ4n) is 2.34. The minimum absolute atomic E-state index is 0.129. The van der Waals surface area contributed by atoms with E-state index in [9.17, 15) is 9.59 Å². The molecule has 0 spiro atoms. The molecule has 3 N–H and O–H groups in total. The van der Waals surface area contributed by atoms with E-state index in [2.05, 4.69) is 10.4 Å². The first kappa shape index (κ1) is 14.4. The third kappa shape index (κ3) is 3.09. The van der Waals surface area contributed by atoms with E-state index in [1.54, 1.807) is 15.8 Å². The molecule has 110 valence electrons. The van der Waals surface area contributed by atoms with E-state index in [0.717, 1.165) is 13.0 Å². The first-order valence-corrected chi connectivity index (χ1v) is 6.92. The molecule has 0 aliphatic carbocycles. The van der Waals surface area contributed by atoms with Gasteiger partial charge in [-0.3, -0.25) is 14.3 Å². The zero-order valence-electron chi connectivity index (χ0n) is 11.9. The van der Waals surface area contributed by atoms with Gasteiger partial charge in [0.2, 0.25) is 5.91 Å². The van der Waals surface area contributed by atoms with Crippen LogP contribution in [-0.4, -0.2) is 45.6 Å². The molecule has 1 saturated heterocycles. The normalized spacial score (nSPS) is 16.5. The van der Waals surface area contributed by atoms with E-state index >= 15 is 0 Å². The summed E-state index contributed by atoms with van der Waals surface area (Å²) in [6.45, 7) is 5.76. The van der Waals surface area contributed by atoms with Crippen LogP contribution in [0.2, 0.25) is 0 Å². The Kier molecular flexibility index (Phi) is 4.26. The summed E-state index contributed by atoms with van der Waals surface area (Å²) in [6.07, 6.45) is 3.14. The van der Waals surface area contributed by atoms with Crippen LogP contribution in [0, 0.1) is 0 Å². The molecular formula is C13H21N5O2. The molecule has 7 nitrogen and oxygen atoms in total. The van der Waals surface area contributed by atoms with Crippen molar-refractivity contribution in [3.63, 3.8) is 0 Å². The molecule has 1 fully saturated rings. The molecule has 2 amide bonds. The van der Waals surface area contributed by atoms with Crippen LogP contribution in [0.4, 0.5) is 5.69 Å². The van der Waals surface area contributed by atoms with Gasteiger partial charge in [0.05, 0.1) is 5.69 Å². The quantitative estimate of drug-likeness (QED) is 0.806. The Bertz CT molecular complexity index is 511. The van der Waals surface area contributed by atoms with Gasteiger partial charge >= 0.3 is 0 Å². The third-order valence-electron chi connectivity index (χ3n) is 3.37. The summed E-state index contributed by atoms with van der Waals surface area (Å²) in [5, 5.41) is 6.96. The number of carbonyl (C=O) groups is 2. The number of nitrogens with one attached hydrogen (secondary N) is 1. The van der Waals surface area contributed by atoms with Crippen LogP contribution < -0.4 is 11.1 Å². The highest BCUT2D eigenvalue weighted by molar-refractivity contribution is 5.97. The van der Waals surface area contributed by atoms with Gasteiger partial charge in [0.25, 0.3) is 5.91 Å². The van der Waals surface area contributed by atoms with Crippen LogP contribution >= 0.6 is 0 Å². The van der Waals surface area contributed by atoms with Crippen molar-refractivity contribution in [3.05, 3.63) is 11.9 Å². The van der Waals surface area contributed by atoms with Gasteiger partial charge < -0.3 is 16.0 Å². The van der Waals surface area contributed by atoms with Crippen molar-refractivity contribution < 1.29 is 9.59 Å². The molecule has 2 heterocycles. The molecule has 0 saturated carbocycles. The smallest absolute Gasteiger partial charge is 0.274 e. The van der Waals surface area contributed by atoms with Crippen LogP contribution in [0.3, 0.4) is 0 Å². The Hall–Kier alpha value is -2.05. The van der Waals surface area contributed by atoms with Crippen molar-refractivity contribution in [1.29, 1.82) is 0 Å². The minimum Gasteiger partial charge on any atom is -0.396 e. The molecule has 0 radical (unpaired) electrons. The lowest BCUT2D eigenvalue weighted by atomic mass is 10.2. The van der Waals surface area contributed by atoms with Crippen LogP contribution in [0.15, 0.2) is 6.20 Å². The topological polar surface area (TPSA) is 93.2 Å². The van der Waals surface area contributed by atoms with E-state index in [4.69, 9.17) is 5.73 Å². The van der Waals surface area contributed by atoms with Crippen LogP contribution in [0.1, 0.15) is 37.2 Å². The number of aromatic nitrogens is 2. The molecule has 1 aliphatic rings. The second-order valence-electron chi connectivity index (χ2n) is 5.11. The summed E-state index contributed by atoms with van der Waals surface area (Å²) in [5.74, 6) is -0.144. The Labute approximate surface area is 118 Å². The number of nitrogens with two attached hydrogens (primary N) is 1. The predicted octanol–water partition coefficient (Wildman–Crippen LogP) is 0.226. The lowest BCUT2D eigenvalue weighted by molar-refractivity contribution is -0.127. The predicted molar refractivity (Wildman–Crippen MR) is 75.1 cm³/mol. The van der Waals surface area contributed by atoms with Gasteiger partial charge in [0, 0.05) is 38.3 Å². The molecule has 0 bridgehead atoms. The highest BCUT2D eigenvalue weighted by Gasteiger charge is 2.23. The first-order chi connectivity index (χ1) is 9.51. The standard InChI is InChI=1S/C13H21N5O2/c1-3-18-8-10(14)12(16-18)13(20)15-9(2)7-17-6-4-5-11(17)19/h8-9H,3-7,14H2,1-2H3,(H,15,20). The number of hydrogen-bond acceptors (Lipinski definition) is 4. The van der Waals surface area contributed by atoms with E-state index in [-0.39, 0.29) is 23.6 Å². The molecule has 0 aromatic carbocycles. The van der Waals surface area contributed by atoms with Crippen molar-refractivity contribution in [2.24, 2.45) is 0 Å². The molecule has 2 rings (SSSR count). The van der Waals surface area contributed by atoms with E-state index in [0.29, 0.717) is 25.2 Å². The summed E-state index contributed by atoms with van der Waals surface area (Å²) < 4.78 is 1.62. The Balaban J connectivity index is 1.93. The first-order valence-electron chi connectivity index (χ1n) is 6.92. The second-order valence-corrected chi connectivity index (χ2v) is 5.11. The number of likely N-dealkylation sites (tertiary alicyclic amines) is 1. The lowest BCUT2D eigenvalue weighted by Gasteiger charge is -2.21. The van der Waals surface area contributed by atoms with Crippen LogP contribution in [0.25, 0.3) is 0 Å². The average molecular weight is 279 g/mol. The number of amides is 2. The second kappa shape index (κ2) is 5.94. The van der Waals surface area contributed by atoms with Crippen molar-refractivity contribution in [2.45, 2.75) is 39.3 Å². The number of carbonyl (C=O) groups excluding carboxylic acids is 2. The van der Waals surface area contributed by atoms with Crippen molar-refractivity contribution in [2.75, 3.05) is 18.8 Å². The Morgan fingerprint density at radius 3 is 2.90 bits per heavy atom. The fraction of sp³-hybridized carbons (Fsp3) is 0.615. The molecule has 7 heteroatoms. The van der Waals surface area contributed by atoms with Gasteiger partial charge in [-0.25, -0.2) is 0 Å². The van der Waals surface area contributed by atoms with Crippen molar-refractivity contribution >= 4 is 17.5 Å². The van der Waals surface area contributed by atoms with Gasteiger partial charge in [0.1, 0.15) is 0 Å². The maximum absolute atomic E-state index is 12.1. The van der Waals surface area contributed by atoms with Gasteiger partial charge in [-0.1, -0.05) is 0 Å². The zero-order valence-corrected chi connectivity index (χ0v) is 11.9. The summed E-state index contributed by atoms with van der Waals surface area (Å²) in [7, 11) is 0. The fourth-order valence-corrected chi connectivity index (χ4v) is 2.34. The van der Waals surface area contributed by atoms with Crippen LogP contribution in [0.5, 0.6) is 0 Å². The Morgan fingerprint density at radius 2 is 2.35 bits per heavy atom. The zero-order chi connectivity index (χ0) is 14.7. The van der Waals surface area contributed by atoms with E-state index < -0.39 is 0 Å². The van der Waals surface area contributed by atoms with Crippen molar-refractivity contribution in [1.82, 2.24) is 20.0 Å². The third-order valence-corrected chi connectivity index (χ3v) is 3.37. The summed E-state index contributed by atoms with van der Waals surface area (Å²) in [6, 6.07) is -0.129. The number of hydrogen-bond donors (Lipinski definition) is 2. The molecule has 1 aliphatic heterocycles. The molecule has 1 aromatic rings. The van der Waals surface area contributed by atoms with Crippen LogP contribution in [-0.2, 0) is 11.3 Å². The average Bonchev–Trinajstić information content (AvgIpc) is 2.96. The highest BCUT2D eigenvalue weighted by Crippen LogP contribution is 2.11. The monoisotopic (exact) mass is 279 g/mol. The molecule has 1 unspecified atom stereocenters. The van der Waals surface area contributed by atoms with E-state index in [1.807, 2.05) is 13.8 Å². The highest BCUT2D eigenvalue weighted by atomic mass is 16.2. The number of anilines is 1. The lowest BCUT2D eigenvalue weighted by Crippen LogP contribution is -2.42. The van der Waals surface area contributed by atoms with E-state index in [1.165, 1.54) is 0 Å². The number of nitrogen functional groups attached to an aromatic ring is 1. The maximum Gasteiger partial charge on any atom is 0.274 e. The van der Waals surface area contributed by atoms with Gasteiger partial charge in [-0.2, -0.15) is 5.10 Å². The number of nitrogens with zero attached hydrogens (tertiary/aromatic N) is 3. The van der Waals surface area contributed by atoms with Gasteiger partial charge in [0.15, 0.2) is 5.69 Å². The largest absolute Gasteiger partial charge is 0.396 e. The minimum atomic E-state index is -0.297. The summed E-state index contributed by atoms with van der Waals surface area (Å²) in [4.78, 5) is 25.4. The molecule has 20 heavy (non-hydrogen) atoms. The Morgan fingerprint density at radius 1 is 1.60 bits per heavy atom. The number of aryl methyl sites for hydroxylation is 1. The maximum atomic E-state index is 12.1. The summed E-state index contributed by atoms with van der Waals surface area (Å²) >= 11 is 0. The summed E-state index contributed by atoms with van der Waals surface area (Å²) in [5.41, 5.74) is 6.38. The number of rotatable bonds is 5. The van der Waals surface area contributed by atoms with Gasteiger partial charge in [-0.15, -0.1) is 0 Å². The van der Waals surface area contributed by atoms with Crippen molar-refractivity contribution in [3.8, 4) is 0 Å². The molecule has 1 aromatic heterocycles. The van der Waals surface area contributed by atoms with Gasteiger partial charge in [-0.05, 0) is 20.3 Å².